The monoisotopic (exact) mass is 1590 g/mol. The predicted molar refractivity (Wildman–Crippen MR) is 524 cm³/mol. The molecule has 0 radical (unpaired) electrons. The first-order valence-corrected chi connectivity index (χ1v) is 53.0. The molecule has 0 amide bonds. The third-order valence-corrected chi connectivity index (χ3v) is 29.1. The second kappa shape index (κ2) is 65.3. The molecule has 0 aromatic heterocycles. The van der Waals surface area contributed by atoms with Gasteiger partial charge in [-0.2, -0.15) is 0 Å². The second-order valence-electron chi connectivity index (χ2n) is 42.3. The van der Waals surface area contributed by atoms with E-state index in [2.05, 4.69) is 179 Å². The van der Waals surface area contributed by atoms with E-state index in [1.807, 2.05) is 5.56 Å². The van der Waals surface area contributed by atoms with Crippen LogP contribution in [0, 0.1) is 32.1 Å². The zero-order chi connectivity index (χ0) is 84.0. The minimum Gasteiger partial charge on any atom is -0.0654 e. The lowest BCUT2D eigenvalue weighted by molar-refractivity contribution is -0.0507. The Morgan fingerprint density at radius 2 is 0.383 bits per heavy atom. The van der Waals surface area contributed by atoms with Crippen molar-refractivity contribution in [1.29, 1.82) is 0 Å². The Hall–Kier alpha value is -2.34. The van der Waals surface area contributed by atoms with Gasteiger partial charge < -0.3 is 0 Å². The summed E-state index contributed by atoms with van der Waals surface area (Å²) in [7, 11) is 0. The fourth-order valence-electron chi connectivity index (χ4n) is 21.7. The molecule has 0 heterocycles. The van der Waals surface area contributed by atoms with Crippen molar-refractivity contribution < 1.29 is 0 Å². The summed E-state index contributed by atoms with van der Waals surface area (Å²) >= 11 is 0. The first-order chi connectivity index (χ1) is 55.6. The predicted octanol–water partition coefficient (Wildman–Crippen LogP) is 40.5. The second-order valence-corrected chi connectivity index (χ2v) is 42.3. The zero-order valence-electron chi connectivity index (χ0n) is 82.2. The summed E-state index contributed by atoms with van der Waals surface area (Å²) in [4.78, 5) is 0. The van der Waals surface area contributed by atoms with E-state index in [-0.39, 0.29) is 32.5 Å². The van der Waals surface area contributed by atoms with Gasteiger partial charge in [0.25, 0.3) is 0 Å². The van der Waals surface area contributed by atoms with Crippen LogP contribution in [0.3, 0.4) is 0 Å². The lowest BCUT2D eigenvalue weighted by Crippen LogP contribution is -2.63. The highest BCUT2D eigenvalue weighted by atomic mass is 14.7. The van der Waals surface area contributed by atoms with Crippen LogP contribution in [0.4, 0.5) is 0 Å². The van der Waals surface area contributed by atoms with Crippen LogP contribution in [-0.2, 0) is 27.1 Å². The molecule has 1 unspecified atom stereocenters. The normalized spacial score (nSPS) is 13.2. The standard InChI is InChI=1S/C115H208/c1-19-25-31-37-43-49-55-61-67-73-79-85-103(86-80-74-68-62-56-50-44-38-32-26-20-2)114(107-97-104(110(10,11)12)90-87-100(107)7,95-83-77-71-65-59-53-47-41-35-29-23-5)113(93-81-75-69-63-57-51-45-39-33-27-21-3,94-82-76-70-64-58-52-46-40-34-28-22-4)115(108-98-105(111(13,14)15)91-88-101(108)8,109-99-106(112(16,17)18)92-89-102(109)9)96-84-78-72-66-60-54-48-42-36-30-24-6/h87-92,97-99,103H,19-86,93-96H2,1-18H3. The lowest BCUT2D eigenvalue weighted by Gasteiger charge is -2.66. The zero-order valence-corrected chi connectivity index (χ0v) is 82.2. The molecule has 0 aliphatic heterocycles. The molecule has 115 heavy (non-hydrogen) atoms. The van der Waals surface area contributed by atoms with Crippen LogP contribution in [0.2, 0.25) is 0 Å². The highest BCUT2D eigenvalue weighted by Gasteiger charge is 2.66. The van der Waals surface area contributed by atoms with Crippen LogP contribution in [-0.4, -0.2) is 0 Å². The number of hydrogen-bond donors (Lipinski definition) is 0. The largest absolute Gasteiger partial charge is 0.0654 e. The topological polar surface area (TPSA) is 0 Å². The molecule has 0 aliphatic carbocycles. The molecule has 0 bridgehead atoms. The third kappa shape index (κ3) is 42.1. The van der Waals surface area contributed by atoms with Crippen molar-refractivity contribution in [3.8, 4) is 0 Å². The Balaban J connectivity index is 2.89. The molecule has 3 rings (SSSR count). The van der Waals surface area contributed by atoms with Gasteiger partial charge in [0, 0.05) is 10.8 Å². The molecule has 0 saturated carbocycles. The van der Waals surface area contributed by atoms with Gasteiger partial charge in [0.1, 0.15) is 0 Å². The SMILES string of the molecule is CCCCCCCCCCCCCC(CCCCCCCCCCCCC)C(CCCCCCCCCCCCC)(c1cc(C(C)(C)C)ccc1C)C(CCCCCCCCCCCCC)(CCCCCCCCCCCCC)C(CCCCCCCCCCCCC)(c1cc(C(C)(C)C)ccc1C)c1cc(C(C)(C)C)ccc1C. The first-order valence-electron chi connectivity index (χ1n) is 53.0. The van der Waals surface area contributed by atoms with Crippen LogP contribution >= 0.6 is 0 Å². The van der Waals surface area contributed by atoms with Crippen molar-refractivity contribution in [2.75, 3.05) is 0 Å². The quantitative estimate of drug-likeness (QED) is 0.0494. The van der Waals surface area contributed by atoms with E-state index in [1.165, 1.54) is 462 Å². The van der Waals surface area contributed by atoms with Gasteiger partial charge >= 0.3 is 0 Å². The minimum absolute atomic E-state index is 0.00143. The fraction of sp³-hybridized carbons (Fsp3) is 0.843. The van der Waals surface area contributed by atoms with Crippen molar-refractivity contribution in [1.82, 2.24) is 0 Å². The van der Waals surface area contributed by atoms with Crippen LogP contribution in [0.5, 0.6) is 0 Å². The van der Waals surface area contributed by atoms with Crippen molar-refractivity contribution in [2.45, 2.75) is 614 Å². The summed E-state index contributed by atoms with van der Waals surface area (Å²) in [6.07, 6.45) is 100. The molecule has 3 aromatic carbocycles. The number of hydrogen-bond acceptors (Lipinski definition) is 0. The maximum atomic E-state index is 3.04. The van der Waals surface area contributed by atoms with Gasteiger partial charge in [0.15, 0.2) is 0 Å². The Morgan fingerprint density at radius 1 is 0.200 bits per heavy atom. The van der Waals surface area contributed by atoms with E-state index >= 15 is 0 Å². The molecule has 0 spiro atoms. The van der Waals surface area contributed by atoms with E-state index in [9.17, 15) is 0 Å². The fourth-order valence-corrected chi connectivity index (χ4v) is 21.7. The maximum absolute atomic E-state index is 3.04. The highest BCUT2D eigenvalue weighted by Crippen LogP contribution is 2.71. The number of rotatable bonds is 78. The van der Waals surface area contributed by atoms with E-state index in [1.54, 1.807) is 44.5 Å². The van der Waals surface area contributed by atoms with Gasteiger partial charge in [-0.15, -0.1) is 0 Å². The summed E-state index contributed by atoms with van der Waals surface area (Å²) in [5, 5.41) is 0. The molecule has 3 aromatic rings. The van der Waals surface area contributed by atoms with Crippen LogP contribution in [0.25, 0.3) is 0 Å². The van der Waals surface area contributed by atoms with Crippen molar-refractivity contribution in [3.05, 3.63) is 105 Å². The average Bonchev–Trinajstić information content (AvgIpc) is 0.676. The van der Waals surface area contributed by atoms with E-state index < -0.39 is 0 Å². The number of unbranched alkanes of at least 4 members (excludes halogenated alkanes) is 60. The molecule has 0 N–H and O–H groups in total. The lowest BCUT2D eigenvalue weighted by atomic mass is 9.37. The maximum Gasteiger partial charge on any atom is 0.0273 e. The number of benzene rings is 3. The summed E-state index contributed by atoms with van der Waals surface area (Å²) in [6.45, 7) is 45.5. The molecular weight excluding hydrogens is 1380 g/mol. The Labute approximate surface area is 725 Å². The van der Waals surface area contributed by atoms with Crippen LogP contribution in [0.15, 0.2) is 54.6 Å². The molecule has 0 nitrogen and oxygen atoms in total. The average molecular weight is 1590 g/mol. The van der Waals surface area contributed by atoms with Crippen LogP contribution < -0.4 is 0 Å². The smallest absolute Gasteiger partial charge is 0.0273 e. The van der Waals surface area contributed by atoms with E-state index in [4.69, 9.17) is 0 Å². The van der Waals surface area contributed by atoms with Gasteiger partial charge in [0.05, 0.1) is 0 Å². The van der Waals surface area contributed by atoms with Gasteiger partial charge in [-0.3, -0.25) is 0 Å². The molecule has 0 aliphatic rings. The Morgan fingerprint density at radius 3 is 0.609 bits per heavy atom. The summed E-state index contributed by atoms with van der Waals surface area (Å²) < 4.78 is 0. The highest BCUT2D eigenvalue weighted by molar-refractivity contribution is 5.56. The molecular formula is C115H208. The molecule has 0 heteroatoms. The summed E-state index contributed by atoms with van der Waals surface area (Å²) in [5.41, 5.74) is 14.3. The van der Waals surface area contributed by atoms with Crippen LogP contribution in [0.1, 0.15) is 616 Å². The van der Waals surface area contributed by atoms with Gasteiger partial charge in [0.2, 0.25) is 0 Å². The Bertz CT molecular complexity index is 2590. The van der Waals surface area contributed by atoms with Crippen molar-refractivity contribution in [3.63, 3.8) is 0 Å². The summed E-state index contributed by atoms with van der Waals surface area (Å²) in [5.74, 6) is 0.566. The van der Waals surface area contributed by atoms with E-state index in [0.29, 0.717) is 5.92 Å². The molecule has 0 fully saturated rings. The van der Waals surface area contributed by atoms with Crippen molar-refractivity contribution >= 4 is 0 Å². The van der Waals surface area contributed by atoms with Gasteiger partial charge in [-0.25, -0.2) is 0 Å². The molecule has 1 atom stereocenters. The Kier molecular flexibility index (Phi) is 60.7. The number of aryl methyl sites for hydroxylation is 3. The first kappa shape index (κ1) is 107. The van der Waals surface area contributed by atoms with E-state index in [0.717, 1.165) is 0 Å². The molecule has 668 valence electrons. The van der Waals surface area contributed by atoms with Gasteiger partial charge in [-0.1, -0.05) is 582 Å². The van der Waals surface area contributed by atoms with Gasteiger partial charge in [-0.05, 0) is 137 Å². The summed E-state index contributed by atoms with van der Waals surface area (Å²) in [6, 6.07) is 25.1. The van der Waals surface area contributed by atoms with Crippen molar-refractivity contribution in [2.24, 2.45) is 11.3 Å². The molecule has 0 saturated heterocycles. The minimum atomic E-state index is -0.283. The third-order valence-electron chi connectivity index (χ3n) is 29.1.